The van der Waals surface area contributed by atoms with Crippen molar-refractivity contribution in [1.29, 1.82) is 0 Å². The number of rotatable bonds is 5. The molecule has 0 saturated heterocycles. The molecule has 0 bridgehead atoms. The molecule has 4 aromatic carbocycles. The van der Waals surface area contributed by atoms with Crippen LogP contribution in [-0.2, 0) is 0 Å². The number of aromatic nitrogens is 2. The third-order valence-corrected chi connectivity index (χ3v) is 8.77. The molecule has 0 saturated carbocycles. The Bertz CT molecular complexity index is 2220. The second-order valence-corrected chi connectivity index (χ2v) is 12.2. The first-order valence-corrected chi connectivity index (χ1v) is 15.7. The summed E-state index contributed by atoms with van der Waals surface area (Å²) in [5.41, 5.74) is 18.1. The molecule has 1 N–H and O–H groups in total. The van der Waals surface area contributed by atoms with E-state index in [4.69, 9.17) is 5.11 Å². The molecule has 0 atom stereocenters. The van der Waals surface area contributed by atoms with Gasteiger partial charge in [0.2, 0.25) is 0 Å². The zero-order valence-corrected chi connectivity index (χ0v) is 27.6. The molecular formula is C43H36N2O2. The number of carboxylic acid groups (broad SMARTS) is 1. The van der Waals surface area contributed by atoms with E-state index in [1.807, 2.05) is 24.4 Å². The molecule has 4 heteroatoms. The number of hydrogen-bond acceptors (Lipinski definition) is 3. The van der Waals surface area contributed by atoms with Crippen molar-refractivity contribution in [2.75, 3.05) is 0 Å². The zero-order valence-electron chi connectivity index (χ0n) is 27.6. The summed E-state index contributed by atoms with van der Waals surface area (Å²) in [6.07, 6.45) is 3.66. The normalized spacial score (nSPS) is 10.8. The smallest absolute Gasteiger partial charge is 0.335 e. The minimum absolute atomic E-state index is 0.256. The van der Waals surface area contributed by atoms with Crippen LogP contribution in [0, 0.1) is 53.4 Å². The molecule has 2 heterocycles. The highest BCUT2D eigenvalue weighted by Crippen LogP contribution is 2.38. The Morgan fingerprint density at radius 1 is 0.532 bits per heavy atom. The minimum Gasteiger partial charge on any atom is -0.478 e. The third kappa shape index (κ3) is 6.48. The Labute approximate surface area is 276 Å². The van der Waals surface area contributed by atoms with E-state index in [1.165, 1.54) is 50.1 Å². The average Bonchev–Trinajstić information content (AvgIpc) is 3.07. The molecule has 0 aliphatic heterocycles. The first-order valence-electron chi connectivity index (χ1n) is 15.7. The van der Waals surface area contributed by atoms with Gasteiger partial charge in [0.05, 0.1) is 17.0 Å². The van der Waals surface area contributed by atoms with Gasteiger partial charge >= 0.3 is 5.97 Å². The van der Waals surface area contributed by atoms with Crippen molar-refractivity contribution in [3.8, 4) is 56.6 Å². The van der Waals surface area contributed by atoms with Crippen LogP contribution < -0.4 is 0 Å². The lowest BCUT2D eigenvalue weighted by Gasteiger charge is -2.18. The number of aromatic carboxylic acids is 1. The molecule has 4 nitrogen and oxygen atoms in total. The van der Waals surface area contributed by atoms with Gasteiger partial charge in [0.1, 0.15) is 0 Å². The molecule has 0 radical (unpaired) electrons. The summed E-state index contributed by atoms with van der Waals surface area (Å²) in [4.78, 5) is 20.2. The molecule has 0 spiro atoms. The fourth-order valence-electron chi connectivity index (χ4n) is 6.14. The maximum Gasteiger partial charge on any atom is 0.335 e. The van der Waals surface area contributed by atoms with Gasteiger partial charge in [-0.15, -0.1) is 0 Å². The van der Waals surface area contributed by atoms with Gasteiger partial charge < -0.3 is 5.11 Å². The van der Waals surface area contributed by atoms with E-state index in [2.05, 4.69) is 112 Å². The molecule has 6 rings (SSSR count). The quantitative estimate of drug-likeness (QED) is 0.197. The van der Waals surface area contributed by atoms with E-state index in [0.717, 1.165) is 39.2 Å². The van der Waals surface area contributed by atoms with E-state index in [0.29, 0.717) is 0 Å². The van der Waals surface area contributed by atoms with Crippen molar-refractivity contribution in [2.45, 2.75) is 41.5 Å². The second kappa shape index (κ2) is 12.9. The predicted octanol–water partition coefficient (Wildman–Crippen LogP) is 10.1. The summed E-state index contributed by atoms with van der Waals surface area (Å²) in [7, 11) is 0. The van der Waals surface area contributed by atoms with Gasteiger partial charge in [0.15, 0.2) is 0 Å². The van der Waals surface area contributed by atoms with Crippen molar-refractivity contribution in [3.05, 3.63) is 153 Å². The van der Waals surface area contributed by atoms with Crippen LogP contribution in [0.2, 0.25) is 0 Å². The number of aryl methyl sites for hydroxylation is 6. The SMILES string of the molecule is Cc1cc(-c2cc(C)c(-c3cc(C)c(-c4ccnc(-c5ccccn5)c4)cc3C)cc2C)c(C)cc1C#Cc1ccc(C(=O)O)cc1. The van der Waals surface area contributed by atoms with Gasteiger partial charge in [-0.25, -0.2) is 4.79 Å². The van der Waals surface area contributed by atoms with Crippen LogP contribution in [0.1, 0.15) is 54.9 Å². The largest absolute Gasteiger partial charge is 0.478 e. The lowest BCUT2D eigenvalue weighted by atomic mass is 9.86. The van der Waals surface area contributed by atoms with Crippen LogP contribution in [0.3, 0.4) is 0 Å². The molecule has 6 aromatic rings. The number of nitrogens with zero attached hydrogens (tertiary/aromatic N) is 2. The number of pyridine rings is 2. The summed E-state index contributed by atoms with van der Waals surface area (Å²) in [6.45, 7) is 13.0. The molecule has 0 amide bonds. The molecular weight excluding hydrogens is 576 g/mol. The Morgan fingerprint density at radius 3 is 1.64 bits per heavy atom. The van der Waals surface area contributed by atoms with E-state index < -0.39 is 5.97 Å². The van der Waals surface area contributed by atoms with Crippen LogP contribution in [0.15, 0.2) is 103 Å². The highest BCUT2D eigenvalue weighted by Gasteiger charge is 2.15. The van der Waals surface area contributed by atoms with E-state index in [9.17, 15) is 4.79 Å². The van der Waals surface area contributed by atoms with Crippen LogP contribution in [0.25, 0.3) is 44.8 Å². The molecule has 0 fully saturated rings. The van der Waals surface area contributed by atoms with Crippen LogP contribution in [-0.4, -0.2) is 21.0 Å². The molecule has 0 aliphatic rings. The van der Waals surface area contributed by atoms with Gasteiger partial charge in [0, 0.05) is 23.5 Å². The highest BCUT2D eigenvalue weighted by molar-refractivity contribution is 5.87. The number of carboxylic acids is 1. The average molecular weight is 613 g/mol. The fourth-order valence-corrected chi connectivity index (χ4v) is 6.14. The van der Waals surface area contributed by atoms with E-state index in [1.54, 1.807) is 30.5 Å². The lowest BCUT2D eigenvalue weighted by molar-refractivity contribution is 0.0697. The number of hydrogen-bond donors (Lipinski definition) is 1. The van der Waals surface area contributed by atoms with Crippen molar-refractivity contribution in [1.82, 2.24) is 9.97 Å². The van der Waals surface area contributed by atoms with Crippen LogP contribution in [0.5, 0.6) is 0 Å². The van der Waals surface area contributed by atoms with Crippen LogP contribution in [0.4, 0.5) is 0 Å². The topological polar surface area (TPSA) is 63.1 Å². The first-order chi connectivity index (χ1) is 22.6. The summed E-state index contributed by atoms with van der Waals surface area (Å²) in [6, 6.07) is 30.3. The Hall–Kier alpha value is -5.79. The van der Waals surface area contributed by atoms with Crippen LogP contribution >= 0.6 is 0 Å². The fraction of sp³-hybridized carbons (Fsp3) is 0.140. The van der Waals surface area contributed by atoms with E-state index >= 15 is 0 Å². The summed E-state index contributed by atoms with van der Waals surface area (Å²) in [5.74, 6) is 5.54. The first kappa shape index (κ1) is 31.2. The van der Waals surface area contributed by atoms with Gasteiger partial charge in [0.25, 0.3) is 0 Å². The van der Waals surface area contributed by atoms with Crippen molar-refractivity contribution >= 4 is 5.97 Å². The maximum atomic E-state index is 11.2. The molecule has 0 unspecified atom stereocenters. The predicted molar refractivity (Wildman–Crippen MR) is 192 cm³/mol. The molecule has 0 aliphatic carbocycles. The van der Waals surface area contributed by atoms with E-state index in [-0.39, 0.29) is 5.56 Å². The molecule has 47 heavy (non-hydrogen) atoms. The summed E-state index contributed by atoms with van der Waals surface area (Å²) >= 11 is 0. The monoisotopic (exact) mass is 612 g/mol. The Kier molecular flexibility index (Phi) is 8.57. The number of benzene rings is 4. The van der Waals surface area contributed by atoms with Crippen molar-refractivity contribution in [3.63, 3.8) is 0 Å². The maximum absolute atomic E-state index is 11.2. The Balaban J connectivity index is 1.31. The minimum atomic E-state index is -0.940. The molecule has 230 valence electrons. The summed E-state index contributed by atoms with van der Waals surface area (Å²) < 4.78 is 0. The zero-order chi connectivity index (χ0) is 33.2. The van der Waals surface area contributed by atoms with Gasteiger partial charge in [-0.3, -0.25) is 9.97 Å². The number of carbonyl (C=O) groups is 1. The van der Waals surface area contributed by atoms with Crippen molar-refractivity contribution < 1.29 is 9.90 Å². The summed E-state index contributed by atoms with van der Waals surface area (Å²) in [5, 5.41) is 9.15. The lowest BCUT2D eigenvalue weighted by Crippen LogP contribution is -1.97. The van der Waals surface area contributed by atoms with Gasteiger partial charge in [-0.05, 0) is 169 Å². The standard InChI is InChI=1S/C43H36N2O2/c1-26-20-37(27(2)19-34(26)15-12-32-10-13-33(14-11-32)43(46)47)39-23-31(6)40(24-30(39)5)38-22-28(3)36(21-29(38)4)35-16-18-45-42(25-35)41-9-7-8-17-44-41/h7-11,13-14,16-25H,1-6H3,(H,46,47). The molecule has 2 aromatic heterocycles. The second-order valence-electron chi connectivity index (χ2n) is 12.2. The third-order valence-electron chi connectivity index (χ3n) is 8.77. The highest BCUT2D eigenvalue weighted by atomic mass is 16.4. The van der Waals surface area contributed by atoms with Crippen molar-refractivity contribution in [2.24, 2.45) is 0 Å². The van der Waals surface area contributed by atoms with Gasteiger partial charge in [-0.2, -0.15) is 0 Å². The Morgan fingerprint density at radius 2 is 1.06 bits per heavy atom. The van der Waals surface area contributed by atoms with Gasteiger partial charge in [-0.1, -0.05) is 42.2 Å².